The molecule has 0 unspecified atom stereocenters. The molecule has 0 spiro atoms. The monoisotopic (exact) mass is 466 g/mol. The summed E-state index contributed by atoms with van der Waals surface area (Å²) < 4.78 is 0. The molecule has 0 fully saturated rings. The smallest absolute Gasteiger partial charge is 0.243 e. The molecule has 0 bridgehead atoms. The maximum Gasteiger partial charge on any atom is 0.243 e. The van der Waals surface area contributed by atoms with Crippen molar-refractivity contribution in [2.45, 2.75) is 65.1 Å². The predicted molar refractivity (Wildman–Crippen MR) is 136 cm³/mol. The van der Waals surface area contributed by atoms with Crippen LogP contribution in [0.5, 0.6) is 0 Å². The molecule has 0 radical (unpaired) electrons. The lowest BCUT2D eigenvalue weighted by atomic mass is 9.99. The summed E-state index contributed by atoms with van der Waals surface area (Å²) in [6, 6.07) is 15.6. The Morgan fingerprint density at radius 3 is 1.76 bits per heavy atom. The Morgan fingerprint density at radius 1 is 0.735 bits per heavy atom. The molecule has 6 N–H and O–H groups in total. The van der Waals surface area contributed by atoms with Gasteiger partial charge in [-0.25, -0.2) is 0 Å². The van der Waals surface area contributed by atoms with Crippen LogP contribution in [0.2, 0.25) is 0 Å². The molecule has 0 aliphatic carbocycles. The molecule has 0 heterocycles. The molecule has 7 nitrogen and oxygen atoms in total. The van der Waals surface area contributed by atoms with Crippen LogP contribution in [0.4, 0.5) is 0 Å². The van der Waals surface area contributed by atoms with Crippen LogP contribution in [0.15, 0.2) is 54.6 Å². The number of hydrogen-bond donors (Lipinski definition) is 4. The van der Waals surface area contributed by atoms with Gasteiger partial charge in [0, 0.05) is 0 Å². The van der Waals surface area contributed by atoms with Crippen LogP contribution in [0, 0.1) is 11.8 Å². The summed E-state index contributed by atoms with van der Waals surface area (Å²) in [5, 5.41) is 5.47. The van der Waals surface area contributed by atoms with E-state index in [0.29, 0.717) is 19.3 Å². The summed E-state index contributed by atoms with van der Waals surface area (Å²) in [4.78, 5) is 37.5. The Bertz CT molecular complexity index is 942. The minimum Gasteiger partial charge on any atom is -0.368 e. The zero-order valence-electron chi connectivity index (χ0n) is 20.6. The molecule has 34 heavy (non-hydrogen) atoms. The molecule has 0 saturated heterocycles. The maximum absolute atomic E-state index is 12.9. The first-order valence-corrected chi connectivity index (χ1v) is 11.9. The highest BCUT2D eigenvalue weighted by Gasteiger charge is 2.28. The molecular formula is C27H38N4O3. The molecule has 0 aliphatic heterocycles. The Balaban J connectivity index is 2.02. The lowest BCUT2D eigenvalue weighted by Crippen LogP contribution is -2.56. The van der Waals surface area contributed by atoms with E-state index in [1.54, 1.807) is 0 Å². The predicted octanol–water partition coefficient (Wildman–Crippen LogP) is 2.77. The van der Waals surface area contributed by atoms with Crippen molar-refractivity contribution in [3.05, 3.63) is 60.2 Å². The molecule has 0 saturated carbocycles. The number of primary amides is 1. The Morgan fingerprint density at radius 2 is 1.24 bits per heavy atom. The number of rotatable bonds is 12. The van der Waals surface area contributed by atoms with E-state index in [1.165, 1.54) is 0 Å². The SMILES string of the molecule is CC(C)C[C@H](NC(=O)[C@H](CC(C)C)NC(=O)[C@@H](N)Cc1ccc(-c2ccccc2)cc1)C(N)=O. The first kappa shape index (κ1) is 27.1. The van der Waals surface area contributed by atoms with Gasteiger partial charge in [0.2, 0.25) is 17.7 Å². The summed E-state index contributed by atoms with van der Waals surface area (Å²) in [6.45, 7) is 7.81. The number of nitrogens with two attached hydrogens (primary N) is 2. The zero-order chi connectivity index (χ0) is 25.3. The van der Waals surface area contributed by atoms with Crippen molar-refractivity contribution >= 4 is 17.7 Å². The van der Waals surface area contributed by atoms with E-state index in [4.69, 9.17) is 11.5 Å². The van der Waals surface area contributed by atoms with Gasteiger partial charge in [0.05, 0.1) is 6.04 Å². The lowest BCUT2D eigenvalue weighted by Gasteiger charge is -2.25. The van der Waals surface area contributed by atoms with Gasteiger partial charge in [0.15, 0.2) is 0 Å². The quantitative estimate of drug-likeness (QED) is 0.383. The summed E-state index contributed by atoms with van der Waals surface area (Å²) in [7, 11) is 0. The third kappa shape index (κ3) is 8.63. The largest absolute Gasteiger partial charge is 0.368 e. The first-order valence-electron chi connectivity index (χ1n) is 11.9. The Kier molecular flexibility index (Phi) is 10.3. The number of amides is 3. The molecule has 0 aliphatic rings. The summed E-state index contributed by atoms with van der Waals surface area (Å²) in [5.41, 5.74) is 14.8. The molecule has 0 aromatic heterocycles. The Labute approximate surface area is 202 Å². The van der Waals surface area contributed by atoms with Gasteiger partial charge in [-0.05, 0) is 47.8 Å². The number of carbonyl (C=O) groups excluding carboxylic acids is 3. The van der Waals surface area contributed by atoms with Gasteiger partial charge >= 0.3 is 0 Å². The van der Waals surface area contributed by atoms with Gasteiger partial charge in [-0.1, -0.05) is 82.3 Å². The lowest BCUT2D eigenvalue weighted by molar-refractivity contribution is -0.132. The van der Waals surface area contributed by atoms with Crippen LogP contribution in [0.1, 0.15) is 46.1 Å². The van der Waals surface area contributed by atoms with E-state index >= 15 is 0 Å². The average Bonchev–Trinajstić information content (AvgIpc) is 2.78. The van der Waals surface area contributed by atoms with Crippen LogP contribution in [-0.2, 0) is 20.8 Å². The van der Waals surface area contributed by atoms with Crippen molar-refractivity contribution < 1.29 is 14.4 Å². The van der Waals surface area contributed by atoms with Crippen molar-refractivity contribution in [1.29, 1.82) is 0 Å². The topological polar surface area (TPSA) is 127 Å². The van der Waals surface area contributed by atoms with Gasteiger partial charge in [-0.2, -0.15) is 0 Å². The van der Waals surface area contributed by atoms with Gasteiger partial charge < -0.3 is 22.1 Å². The van der Waals surface area contributed by atoms with Crippen molar-refractivity contribution in [3.63, 3.8) is 0 Å². The molecule has 2 aromatic rings. The highest BCUT2D eigenvalue weighted by molar-refractivity contribution is 5.92. The molecule has 3 amide bonds. The molecule has 7 heteroatoms. The second-order valence-electron chi connectivity index (χ2n) is 9.66. The zero-order valence-corrected chi connectivity index (χ0v) is 20.6. The molecule has 2 aromatic carbocycles. The number of carbonyl (C=O) groups is 3. The van der Waals surface area contributed by atoms with Crippen molar-refractivity contribution in [2.24, 2.45) is 23.3 Å². The fourth-order valence-corrected chi connectivity index (χ4v) is 3.78. The third-order valence-electron chi connectivity index (χ3n) is 5.56. The van der Waals surface area contributed by atoms with E-state index in [-0.39, 0.29) is 11.8 Å². The van der Waals surface area contributed by atoms with E-state index < -0.39 is 35.8 Å². The summed E-state index contributed by atoms with van der Waals surface area (Å²) in [5.74, 6) is -1.10. The Hall–Kier alpha value is -3.19. The van der Waals surface area contributed by atoms with E-state index in [0.717, 1.165) is 16.7 Å². The van der Waals surface area contributed by atoms with Crippen molar-refractivity contribution in [3.8, 4) is 11.1 Å². The third-order valence-corrected chi connectivity index (χ3v) is 5.56. The maximum atomic E-state index is 12.9. The molecule has 184 valence electrons. The summed E-state index contributed by atoms with van der Waals surface area (Å²) >= 11 is 0. The van der Waals surface area contributed by atoms with E-state index in [9.17, 15) is 14.4 Å². The van der Waals surface area contributed by atoms with Gasteiger partial charge in [0.1, 0.15) is 12.1 Å². The second kappa shape index (κ2) is 12.9. The fraction of sp³-hybridized carbons (Fsp3) is 0.444. The van der Waals surface area contributed by atoms with E-state index in [1.807, 2.05) is 82.3 Å². The van der Waals surface area contributed by atoms with Crippen LogP contribution in [0.3, 0.4) is 0 Å². The van der Waals surface area contributed by atoms with Gasteiger partial charge in [-0.15, -0.1) is 0 Å². The van der Waals surface area contributed by atoms with Gasteiger partial charge in [-0.3, -0.25) is 14.4 Å². The minimum absolute atomic E-state index is 0.148. The summed E-state index contributed by atoms with van der Waals surface area (Å²) in [6.07, 6.45) is 1.19. The normalized spacial score (nSPS) is 13.9. The van der Waals surface area contributed by atoms with Crippen LogP contribution in [-0.4, -0.2) is 35.8 Å². The van der Waals surface area contributed by atoms with Crippen LogP contribution >= 0.6 is 0 Å². The standard InChI is InChI=1S/C27H38N4O3/c1-17(2)14-23(25(29)32)30-27(34)24(15-18(3)4)31-26(33)22(28)16-19-10-12-21(13-11-19)20-8-6-5-7-9-20/h5-13,17-18,22-24H,14-16,28H2,1-4H3,(H2,29,32)(H,30,34)(H,31,33)/t22-,23-,24-/m0/s1. The average molecular weight is 467 g/mol. The highest BCUT2D eigenvalue weighted by Crippen LogP contribution is 2.19. The molecule has 2 rings (SSSR count). The second-order valence-corrected chi connectivity index (χ2v) is 9.66. The number of hydrogen-bond acceptors (Lipinski definition) is 4. The number of nitrogens with one attached hydrogen (secondary N) is 2. The highest BCUT2D eigenvalue weighted by atomic mass is 16.2. The van der Waals surface area contributed by atoms with Gasteiger partial charge in [0.25, 0.3) is 0 Å². The first-order chi connectivity index (χ1) is 16.1. The fourth-order valence-electron chi connectivity index (χ4n) is 3.78. The van der Waals surface area contributed by atoms with Crippen molar-refractivity contribution in [1.82, 2.24) is 10.6 Å². The molecule has 3 atom stereocenters. The van der Waals surface area contributed by atoms with Crippen LogP contribution < -0.4 is 22.1 Å². The van der Waals surface area contributed by atoms with Crippen molar-refractivity contribution in [2.75, 3.05) is 0 Å². The van der Waals surface area contributed by atoms with Crippen LogP contribution in [0.25, 0.3) is 11.1 Å². The van der Waals surface area contributed by atoms with E-state index in [2.05, 4.69) is 10.6 Å². The number of benzene rings is 2. The molecular weight excluding hydrogens is 428 g/mol. The minimum atomic E-state index is -0.812.